The molecule has 0 aliphatic rings. The van der Waals surface area contributed by atoms with Gasteiger partial charge in [-0.05, 0) is 43.5 Å². The average molecular weight is 293 g/mol. The molecule has 114 valence electrons. The van der Waals surface area contributed by atoms with Crippen LogP contribution in [0.15, 0.2) is 22.7 Å². The molecule has 0 saturated carbocycles. The topological polar surface area (TPSA) is 74.2 Å². The SMILES string of the molecule is CCCc1noc(COc2ccc(F)cc2CC(C)N)n1. The minimum absolute atomic E-state index is 0.0753. The molecule has 0 radical (unpaired) electrons. The molecule has 1 aromatic carbocycles. The van der Waals surface area contributed by atoms with Gasteiger partial charge in [0.2, 0.25) is 0 Å². The largest absolute Gasteiger partial charge is 0.483 e. The second kappa shape index (κ2) is 7.17. The van der Waals surface area contributed by atoms with E-state index in [2.05, 4.69) is 10.1 Å². The number of benzene rings is 1. The van der Waals surface area contributed by atoms with Gasteiger partial charge >= 0.3 is 0 Å². The van der Waals surface area contributed by atoms with E-state index in [1.165, 1.54) is 12.1 Å². The molecule has 0 spiro atoms. The fourth-order valence-electron chi connectivity index (χ4n) is 2.01. The first-order chi connectivity index (χ1) is 10.1. The molecule has 6 heteroatoms. The van der Waals surface area contributed by atoms with Crippen LogP contribution in [0.5, 0.6) is 5.75 Å². The van der Waals surface area contributed by atoms with Gasteiger partial charge in [-0.25, -0.2) is 4.39 Å². The summed E-state index contributed by atoms with van der Waals surface area (Å²) >= 11 is 0. The van der Waals surface area contributed by atoms with Crippen LogP contribution in [0.4, 0.5) is 4.39 Å². The van der Waals surface area contributed by atoms with Crippen molar-refractivity contribution in [3.8, 4) is 5.75 Å². The van der Waals surface area contributed by atoms with Gasteiger partial charge in [0.1, 0.15) is 11.6 Å². The summed E-state index contributed by atoms with van der Waals surface area (Å²) in [6.45, 7) is 4.07. The quantitative estimate of drug-likeness (QED) is 0.849. The summed E-state index contributed by atoms with van der Waals surface area (Å²) < 4.78 is 24.1. The number of rotatable bonds is 7. The van der Waals surface area contributed by atoms with Crippen molar-refractivity contribution in [1.29, 1.82) is 0 Å². The van der Waals surface area contributed by atoms with Gasteiger partial charge in [0.05, 0.1) is 0 Å². The van der Waals surface area contributed by atoms with E-state index in [0.717, 1.165) is 18.4 Å². The van der Waals surface area contributed by atoms with E-state index in [1.54, 1.807) is 6.07 Å². The molecule has 0 aliphatic heterocycles. The van der Waals surface area contributed by atoms with Crippen molar-refractivity contribution >= 4 is 0 Å². The van der Waals surface area contributed by atoms with Crippen LogP contribution in [0.25, 0.3) is 0 Å². The molecule has 21 heavy (non-hydrogen) atoms. The molecule has 0 bridgehead atoms. The van der Waals surface area contributed by atoms with Gasteiger partial charge < -0.3 is 15.0 Å². The lowest BCUT2D eigenvalue weighted by atomic mass is 10.1. The van der Waals surface area contributed by atoms with Gasteiger partial charge in [-0.2, -0.15) is 4.98 Å². The molecule has 0 aliphatic carbocycles. The molecule has 1 unspecified atom stereocenters. The first-order valence-electron chi connectivity index (χ1n) is 7.06. The zero-order valence-electron chi connectivity index (χ0n) is 12.3. The zero-order valence-corrected chi connectivity index (χ0v) is 12.3. The summed E-state index contributed by atoms with van der Waals surface area (Å²) in [5, 5.41) is 3.86. The second-order valence-corrected chi connectivity index (χ2v) is 5.08. The van der Waals surface area contributed by atoms with Crippen molar-refractivity contribution in [2.75, 3.05) is 0 Å². The van der Waals surface area contributed by atoms with Crippen LogP contribution in [0.1, 0.15) is 37.5 Å². The first kappa shape index (κ1) is 15.4. The fraction of sp³-hybridized carbons (Fsp3) is 0.467. The number of hydrogen-bond donors (Lipinski definition) is 1. The number of hydrogen-bond acceptors (Lipinski definition) is 5. The summed E-state index contributed by atoms with van der Waals surface area (Å²) in [5.41, 5.74) is 6.50. The van der Waals surface area contributed by atoms with Crippen molar-refractivity contribution in [3.63, 3.8) is 0 Å². The molecule has 0 fully saturated rings. The van der Waals surface area contributed by atoms with Gasteiger partial charge in [0.15, 0.2) is 12.4 Å². The zero-order chi connectivity index (χ0) is 15.2. The number of nitrogens with zero attached hydrogens (tertiary/aromatic N) is 2. The van der Waals surface area contributed by atoms with Gasteiger partial charge in [0, 0.05) is 12.5 Å². The van der Waals surface area contributed by atoms with Crippen molar-refractivity contribution in [2.45, 2.75) is 45.8 Å². The summed E-state index contributed by atoms with van der Waals surface area (Å²) in [6.07, 6.45) is 2.27. The minimum Gasteiger partial charge on any atom is -0.483 e. The van der Waals surface area contributed by atoms with Gasteiger partial charge in [-0.1, -0.05) is 12.1 Å². The monoisotopic (exact) mass is 293 g/mol. The van der Waals surface area contributed by atoms with E-state index in [0.29, 0.717) is 23.9 Å². The summed E-state index contributed by atoms with van der Waals surface area (Å²) in [4.78, 5) is 4.22. The maximum absolute atomic E-state index is 13.3. The predicted molar refractivity (Wildman–Crippen MR) is 76.4 cm³/mol. The molecule has 5 nitrogen and oxygen atoms in total. The smallest absolute Gasteiger partial charge is 0.264 e. The van der Waals surface area contributed by atoms with E-state index in [4.69, 9.17) is 15.0 Å². The lowest BCUT2D eigenvalue weighted by Gasteiger charge is -2.12. The fourth-order valence-corrected chi connectivity index (χ4v) is 2.01. The third-order valence-corrected chi connectivity index (χ3v) is 2.90. The van der Waals surface area contributed by atoms with Gasteiger partial charge in [0.25, 0.3) is 5.89 Å². The standard InChI is InChI=1S/C15H20FN3O2/c1-3-4-14-18-15(21-19-14)9-20-13-6-5-12(16)8-11(13)7-10(2)17/h5-6,8,10H,3-4,7,9,17H2,1-2H3. The van der Waals surface area contributed by atoms with Crippen molar-refractivity contribution in [3.05, 3.63) is 41.3 Å². The molecule has 2 N–H and O–H groups in total. The van der Waals surface area contributed by atoms with E-state index in [-0.39, 0.29) is 18.5 Å². The van der Waals surface area contributed by atoms with E-state index < -0.39 is 0 Å². The molecule has 1 atom stereocenters. The molecule has 2 rings (SSSR count). The Morgan fingerprint density at radius 2 is 2.24 bits per heavy atom. The highest BCUT2D eigenvalue weighted by Crippen LogP contribution is 2.22. The van der Waals surface area contributed by atoms with E-state index in [9.17, 15) is 4.39 Å². The Morgan fingerprint density at radius 1 is 1.43 bits per heavy atom. The second-order valence-electron chi connectivity index (χ2n) is 5.08. The van der Waals surface area contributed by atoms with Crippen LogP contribution in [-0.2, 0) is 19.4 Å². The van der Waals surface area contributed by atoms with Gasteiger partial charge in [-0.3, -0.25) is 0 Å². The number of aromatic nitrogens is 2. The average Bonchev–Trinajstić information content (AvgIpc) is 2.85. The van der Waals surface area contributed by atoms with Crippen molar-refractivity contribution < 1.29 is 13.7 Å². The summed E-state index contributed by atoms with van der Waals surface area (Å²) in [6, 6.07) is 4.32. The van der Waals surface area contributed by atoms with Crippen LogP contribution in [-0.4, -0.2) is 16.2 Å². The van der Waals surface area contributed by atoms with Crippen LogP contribution in [0.2, 0.25) is 0 Å². The molecule has 0 amide bonds. The Balaban J connectivity index is 2.04. The molecule has 2 aromatic rings. The number of aryl methyl sites for hydroxylation is 1. The lowest BCUT2D eigenvalue weighted by Crippen LogP contribution is -2.18. The van der Waals surface area contributed by atoms with Crippen molar-refractivity contribution in [2.24, 2.45) is 5.73 Å². The van der Waals surface area contributed by atoms with Crippen LogP contribution < -0.4 is 10.5 Å². The maximum Gasteiger partial charge on any atom is 0.264 e. The Morgan fingerprint density at radius 3 is 2.95 bits per heavy atom. The lowest BCUT2D eigenvalue weighted by molar-refractivity contribution is 0.240. The van der Waals surface area contributed by atoms with Crippen LogP contribution in [0.3, 0.4) is 0 Å². The summed E-state index contributed by atoms with van der Waals surface area (Å²) in [7, 11) is 0. The Hall–Kier alpha value is -1.95. The third-order valence-electron chi connectivity index (χ3n) is 2.90. The molecule has 0 saturated heterocycles. The Bertz CT molecular complexity index is 584. The highest BCUT2D eigenvalue weighted by molar-refractivity contribution is 5.34. The Kier molecular flexibility index (Phi) is 5.27. The highest BCUT2D eigenvalue weighted by atomic mass is 19.1. The van der Waals surface area contributed by atoms with Crippen LogP contribution in [0, 0.1) is 5.82 Å². The first-order valence-corrected chi connectivity index (χ1v) is 7.06. The van der Waals surface area contributed by atoms with Crippen LogP contribution >= 0.6 is 0 Å². The molecule has 1 aromatic heterocycles. The normalized spacial score (nSPS) is 12.4. The number of nitrogens with two attached hydrogens (primary N) is 1. The predicted octanol–water partition coefficient (Wildman–Crippen LogP) is 2.63. The number of halogens is 1. The highest BCUT2D eigenvalue weighted by Gasteiger charge is 2.11. The third kappa shape index (κ3) is 4.53. The molecular formula is C15H20FN3O2. The van der Waals surface area contributed by atoms with Crippen molar-refractivity contribution in [1.82, 2.24) is 10.1 Å². The molecular weight excluding hydrogens is 273 g/mol. The summed E-state index contributed by atoms with van der Waals surface area (Å²) in [5.74, 6) is 1.37. The van der Waals surface area contributed by atoms with E-state index in [1.807, 2.05) is 13.8 Å². The number of ether oxygens (including phenoxy) is 1. The maximum atomic E-state index is 13.3. The van der Waals surface area contributed by atoms with E-state index >= 15 is 0 Å². The van der Waals surface area contributed by atoms with Gasteiger partial charge in [-0.15, -0.1) is 0 Å². The Labute approximate surface area is 123 Å². The molecule has 1 heterocycles. The minimum atomic E-state index is -0.305.